The van der Waals surface area contributed by atoms with Crippen LogP contribution in [0.25, 0.3) is 0 Å². The van der Waals surface area contributed by atoms with Gasteiger partial charge in [0.25, 0.3) is 0 Å². The third kappa shape index (κ3) is 2.76. The molecular weight excluding hydrogens is 228 g/mol. The SMILES string of the molecule is CC(C)Cn1cc(C2CC2C(=O)O)cn1.Cl. The summed E-state index contributed by atoms with van der Waals surface area (Å²) in [6.07, 6.45) is 4.55. The standard InChI is InChI=1S/C11H16N2O2.ClH/c1-7(2)5-13-6-8(4-12-13)9-3-10(9)11(14)15;/h4,6-7,9-10H,3,5H2,1-2H3,(H,14,15);1H. The van der Waals surface area contributed by atoms with Gasteiger partial charge in [-0.3, -0.25) is 9.48 Å². The second-order valence-electron chi connectivity index (χ2n) is 4.68. The monoisotopic (exact) mass is 244 g/mol. The van der Waals surface area contributed by atoms with E-state index in [9.17, 15) is 4.79 Å². The van der Waals surface area contributed by atoms with E-state index in [1.807, 2.05) is 10.9 Å². The number of carbonyl (C=O) groups is 1. The van der Waals surface area contributed by atoms with Crippen LogP contribution in [0.15, 0.2) is 12.4 Å². The summed E-state index contributed by atoms with van der Waals surface area (Å²) in [5, 5.41) is 13.0. The summed E-state index contributed by atoms with van der Waals surface area (Å²) in [6, 6.07) is 0. The van der Waals surface area contributed by atoms with Crippen molar-refractivity contribution in [3.05, 3.63) is 18.0 Å². The highest BCUT2D eigenvalue weighted by molar-refractivity contribution is 5.85. The summed E-state index contributed by atoms with van der Waals surface area (Å²) in [7, 11) is 0. The fraction of sp³-hybridized carbons (Fsp3) is 0.636. The van der Waals surface area contributed by atoms with Crippen molar-refractivity contribution in [2.75, 3.05) is 0 Å². The quantitative estimate of drug-likeness (QED) is 0.883. The van der Waals surface area contributed by atoms with Crippen LogP contribution < -0.4 is 0 Å². The molecule has 4 nitrogen and oxygen atoms in total. The molecule has 1 fully saturated rings. The van der Waals surface area contributed by atoms with Crippen molar-refractivity contribution in [2.45, 2.75) is 32.7 Å². The Hall–Kier alpha value is -1.03. The van der Waals surface area contributed by atoms with E-state index in [0.717, 1.165) is 18.5 Å². The highest BCUT2D eigenvalue weighted by atomic mass is 35.5. The number of carboxylic acids is 1. The fourth-order valence-electron chi connectivity index (χ4n) is 1.88. The normalized spacial score (nSPS) is 22.9. The van der Waals surface area contributed by atoms with Gasteiger partial charge >= 0.3 is 5.97 Å². The second kappa shape index (κ2) is 4.87. The van der Waals surface area contributed by atoms with E-state index in [4.69, 9.17) is 5.11 Å². The molecule has 2 rings (SSSR count). The van der Waals surface area contributed by atoms with Crippen LogP contribution in [-0.2, 0) is 11.3 Å². The summed E-state index contributed by atoms with van der Waals surface area (Å²) >= 11 is 0. The maximum Gasteiger partial charge on any atom is 0.307 e. The molecule has 0 spiro atoms. The van der Waals surface area contributed by atoms with Crippen molar-refractivity contribution in [1.29, 1.82) is 0 Å². The van der Waals surface area contributed by atoms with E-state index in [-0.39, 0.29) is 24.2 Å². The highest BCUT2D eigenvalue weighted by Crippen LogP contribution is 2.47. The van der Waals surface area contributed by atoms with E-state index < -0.39 is 5.97 Å². The minimum atomic E-state index is -0.684. The average Bonchev–Trinajstić information content (AvgIpc) is 2.81. The number of aliphatic carboxylic acids is 1. The lowest BCUT2D eigenvalue weighted by Crippen LogP contribution is -2.04. The largest absolute Gasteiger partial charge is 0.481 e. The highest BCUT2D eigenvalue weighted by Gasteiger charge is 2.44. The van der Waals surface area contributed by atoms with Crippen molar-refractivity contribution in [3.63, 3.8) is 0 Å². The number of rotatable bonds is 4. The molecule has 1 heterocycles. The van der Waals surface area contributed by atoms with E-state index in [0.29, 0.717) is 5.92 Å². The van der Waals surface area contributed by atoms with Crippen LogP contribution in [0.2, 0.25) is 0 Å². The molecule has 5 heteroatoms. The topological polar surface area (TPSA) is 55.1 Å². The molecule has 2 atom stereocenters. The van der Waals surface area contributed by atoms with Crippen molar-refractivity contribution < 1.29 is 9.90 Å². The van der Waals surface area contributed by atoms with Crippen LogP contribution in [0.5, 0.6) is 0 Å². The molecule has 1 aromatic rings. The minimum Gasteiger partial charge on any atom is -0.481 e. The van der Waals surface area contributed by atoms with Gasteiger partial charge in [-0.05, 0) is 17.9 Å². The van der Waals surface area contributed by atoms with Gasteiger partial charge in [0, 0.05) is 18.7 Å². The lowest BCUT2D eigenvalue weighted by Gasteiger charge is -2.03. The molecule has 0 saturated heterocycles. The molecule has 0 radical (unpaired) electrons. The van der Waals surface area contributed by atoms with Gasteiger partial charge in [-0.2, -0.15) is 5.10 Å². The lowest BCUT2D eigenvalue weighted by atomic mass is 10.2. The number of nitrogens with zero attached hydrogens (tertiary/aromatic N) is 2. The number of carboxylic acid groups (broad SMARTS) is 1. The second-order valence-corrected chi connectivity index (χ2v) is 4.68. The van der Waals surface area contributed by atoms with Gasteiger partial charge < -0.3 is 5.11 Å². The van der Waals surface area contributed by atoms with Crippen LogP contribution in [0, 0.1) is 11.8 Å². The summed E-state index contributed by atoms with van der Waals surface area (Å²) in [5.74, 6) is -0.103. The van der Waals surface area contributed by atoms with Crippen LogP contribution in [0.3, 0.4) is 0 Å². The van der Waals surface area contributed by atoms with Crippen LogP contribution in [-0.4, -0.2) is 20.9 Å². The Morgan fingerprint density at radius 1 is 1.69 bits per heavy atom. The number of aromatic nitrogens is 2. The maximum atomic E-state index is 10.7. The molecule has 1 aliphatic rings. The predicted molar refractivity (Wildman–Crippen MR) is 62.8 cm³/mol. The van der Waals surface area contributed by atoms with Crippen LogP contribution >= 0.6 is 12.4 Å². The minimum absolute atomic E-state index is 0. The molecule has 1 aromatic heterocycles. The first-order chi connectivity index (χ1) is 7.08. The molecule has 0 aromatic carbocycles. The molecule has 1 N–H and O–H groups in total. The zero-order chi connectivity index (χ0) is 11.0. The van der Waals surface area contributed by atoms with Gasteiger partial charge in [-0.15, -0.1) is 12.4 Å². The van der Waals surface area contributed by atoms with Gasteiger partial charge in [0.1, 0.15) is 0 Å². The Morgan fingerprint density at radius 3 is 2.88 bits per heavy atom. The van der Waals surface area contributed by atoms with Crippen molar-refractivity contribution in [2.24, 2.45) is 11.8 Å². The molecule has 0 amide bonds. The van der Waals surface area contributed by atoms with E-state index in [1.165, 1.54) is 0 Å². The van der Waals surface area contributed by atoms with E-state index >= 15 is 0 Å². The van der Waals surface area contributed by atoms with Gasteiger partial charge in [0.2, 0.25) is 0 Å². The van der Waals surface area contributed by atoms with Gasteiger partial charge in [-0.1, -0.05) is 13.8 Å². The predicted octanol–water partition coefficient (Wildman–Crippen LogP) is 2.15. The first kappa shape index (κ1) is 13.0. The van der Waals surface area contributed by atoms with Gasteiger partial charge in [-0.25, -0.2) is 0 Å². The van der Waals surface area contributed by atoms with Crippen molar-refractivity contribution in [1.82, 2.24) is 9.78 Å². The Balaban J connectivity index is 0.00000128. The maximum absolute atomic E-state index is 10.7. The first-order valence-corrected chi connectivity index (χ1v) is 5.33. The zero-order valence-electron chi connectivity index (χ0n) is 9.46. The van der Waals surface area contributed by atoms with Gasteiger partial charge in [0.15, 0.2) is 0 Å². The third-order valence-corrected chi connectivity index (χ3v) is 2.74. The van der Waals surface area contributed by atoms with E-state index in [1.54, 1.807) is 6.20 Å². The molecule has 16 heavy (non-hydrogen) atoms. The molecular formula is C11H17ClN2O2. The Morgan fingerprint density at radius 2 is 2.38 bits per heavy atom. The van der Waals surface area contributed by atoms with Crippen LogP contribution in [0.4, 0.5) is 0 Å². The smallest absolute Gasteiger partial charge is 0.307 e. The lowest BCUT2D eigenvalue weighted by molar-refractivity contribution is -0.138. The Bertz CT molecular complexity index is 376. The number of hydrogen-bond donors (Lipinski definition) is 1. The number of hydrogen-bond acceptors (Lipinski definition) is 2. The summed E-state index contributed by atoms with van der Waals surface area (Å²) in [4.78, 5) is 10.7. The van der Waals surface area contributed by atoms with Crippen LogP contribution in [0.1, 0.15) is 31.7 Å². The molecule has 0 bridgehead atoms. The first-order valence-electron chi connectivity index (χ1n) is 5.33. The molecule has 2 unspecified atom stereocenters. The van der Waals surface area contributed by atoms with Crippen molar-refractivity contribution in [3.8, 4) is 0 Å². The summed E-state index contributed by atoms with van der Waals surface area (Å²) < 4.78 is 1.90. The Labute approximate surface area is 101 Å². The fourth-order valence-corrected chi connectivity index (χ4v) is 1.88. The summed E-state index contributed by atoms with van der Waals surface area (Å²) in [6.45, 7) is 5.17. The average molecular weight is 245 g/mol. The number of halogens is 1. The zero-order valence-corrected chi connectivity index (χ0v) is 10.3. The molecule has 0 aliphatic heterocycles. The molecule has 1 aliphatic carbocycles. The summed E-state index contributed by atoms with van der Waals surface area (Å²) in [5.41, 5.74) is 1.07. The molecule has 90 valence electrons. The molecule has 1 saturated carbocycles. The van der Waals surface area contributed by atoms with Gasteiger partial charge in [0.05, 0.1) is 12.1 Å². The van der Waals surface area contributed by atoms with E-state index in [2.05, 4.69) is 18.9 Å². The van der Waals surface area contributed by atoms with Crippen molar-refractivity contribution >= 4 is 18.4 Å². The Kier molecular flexibility index (Phi) is 3.97. The third-order valence-electron chi connectivity index (χ3n) is 2.74.